The first-order chi connectivity index (χ1) is 5.34. The van der Waals surface area contributed by atoms with Crippen molar-refractivity contribution < 1.29 is 0 Å². The van der Waals surface area contributed by atoms with Crippen molar-refractivity contribution in [2.24, 2.45) is 5.73 Å². The van der Waals surface area contributed by atoms with Gasteiger partial charge in [0.1, 0.15) is 0 Å². The molecule has 0 bridgehead atoms. The smallest absolute Gasteiger partial charge is 0.0522 e. The molecule has 0 unspecified atom stereocenters. The molecule has 3 heteroatoms. The highest BCUT2D eigenvalue weighted by atomic mass is 15.1. The molecule has 1 aromatic heterocycles. The lowest BCUT2D eigenvalue weighted by atomic mass is 10.1. The molecule has 0 fully saturated rings. The zero-order chi connectivity index (χ0) is 8.10. The number of nitrogens with two attached hydrogens (primary N) is 1. The first-order valence-corrected chi connectivity index (χ1v) is 4.03. The van der Waals surface area contributed by atoms with Crippen LogP contribution in [-0.4, -0.2) is 16.7 Å². The molecule has 0 aliphatic carbocycles. The molecule has 0 aromatic carbocycles. The lowest BCUT2D eigenvalue weighted by Gasteiger charge is -1.96. The molecule has 0 amide bonds. The van der Waals surface area contributed by atoms with Gasteiger partial charge in [-0.05, 0) is 38.3 Å². The molecule has 1 rings (SSSR count). The Bertz CT molecular complexity index is 205. The monoisotopic (exact) mass is 153 g/mol. The van der Waals surface area contributed by atoms with Gasteiger partial charge in [0.05, 0.1) is 6.20 Å². The summed E-state index contributed by atoms with van der Waals surface area (Å²) in [6, 6.07) is 0. The predicted molar refractivity (Wildman–Crippen MR) is 45.3 cm³/mol. The summed E-state index contributed by atoms with van der Waals surface area (Å²) < 4.78 is 0. The Morgan fingerprint density at radius 1 is 1.55 bits per heavy atom. The van der Waals surface area contributed by atoms with Crippen LogP contribution in [0, 0.1) is 6.92 Å². The second-order valence-corrected chi connectivity index (χ2v) is 2.77. The van der Waals surface area contributed by atoms with Gasteiger partial charge in [-0.25, -0.2) is 0 Å². The normalized spacial score (nSPS) is 10.4. The molecule has 62 valence electrons. The third-order valence-electron chi connectivity index (χ3n) is 1.83. The molecular weight excluding hydrogens is 138 g/mol. The van der Waals surface area contributed by atoms with Crippen LogP contribution in [0.2, 0.25) is 0 Å². The minimum atomic E-state index is 0.789. The Kier molecular flexibility index (Phi) is 3.11. The van der Waals surface area contributed by atoms with Crippen molar-refractivity contribution in [3.05, 3.63) is 17.5 Å². The topological polar surface area (TPSA) is 54.7 Å². The van der Waals surface area contributed by atoms with Gasteiger partial charge < -0.3 is 5.73 Å². The number of aryl methyl sites for hydroxylation is 2. The average molecular weight is 153 g/mol. The highest BCUT2D eigenvalue weighted by Gasteiger charge is 1.98. The van der Waals surface area contributed by atoms with Crippen molar-refractivity contribution in [1.82, 2.24) is 10.2 Å². The van der Waals surface area contributed by atoms with E-state index in [1.54, 1.807) is 0 Å². The SMILES string of the molecule is Cc1[nH]ncc1CCCCN. The summed E-state index contributed by atoms with van der Waals surface area (Å²) in [6.07, 6.45) is 5.26. The Balaban J connectivity index is 2.32. The number of H-pyrrole nitrogens is 1. The van der Waals surface area contributed by atoms with Crippen molar-refractivity contribution in [1.29, 1.82) is 0 Å². The fourth-order valence-corrected chi connectivity index (χ4v) is 1.09. The van der Waals surface area contributed by atoms with Gasteiger partial charge >= 0.3 is 0 Å². The van der Waals surface area contributed by atoms with Crippen molar-refractivity contribution in [2.75, 3.05) is 6.54 Å². The molecule has 0 saturated carbocycles. The molecule has 0 radical (unpaired) electrons. The summed E-state index contributed by atoms with van der Waals surface area (Å²) in [4.78, 5) is 0. The van der Waals surface area contributed by atoms with Crippen molar-refractivity contribution >= 4 is 0 Å². The van der Waals surface area contributed by atoms with E-state index < -0.39 is 0 Å². The number of rotatable bonds is 4. The summed E-state index contributed by atoms with van der Waals surface area (Å²) >= 11 is 0. The molecule has 1 heterocycles. The fourth-order valence-electron chi connectivity index (χ4n) is 1.09. The van der Waals surface area contributed by atoms with Crippen LogP contribution < -0.4 is 5.73 Å². The second kappa shape index (κ2) is 4.13. The summed E-state index contributed by atoms with van der Waals surface area (Å²) in [5.74, 6) is 0. The van der Waals surface area contributed by atoms with E-state index in [4.69, 9.17) is 5.73 Å². The molecule has 3 N–H and O–H groups in total. The van der Waals surface area contributed by atoms with Gasteiger partial charge in [0, 0.05) is 5.69 Å². The summed E-state index contributed by atoms with van der Waals surface area (Å²) in [7, 11) is 0. The Hall–Kier alpha value is -0.830. The molecule has 0 saturated heterocycles. The second-order valence-electron chi connectivity index (χ2n) is 2.77. The van der Waals surface area contributed by atoms with Crippen LogP contribution >= 0.6 is 0 Å². The number of hydrogen-bond donors (Lipinski definition) is 2. The highest BCUT2D eigenvalue weighted by Crippen LogP contribution is 2.06. The minimum absolute atomic E-state index is 0.789. The van der Waals surface area contributed by atoms with E-state index in [0.717, 1.165) is 25.8 Å². The maximum atomic E-state index is 5.38. The van der Waals surface area contributed by atoms with Gasteiger partial charge in [-0.2, -0.15) is 5.10 Å². The van der Waals surface area contributed by atoms with Gasteiger partial charge in [-0.15, -0.1) is 0 Å². The first-order valence-electron chi connectivity index (χ1n) is 4.03. The lowest BCUT2D eigenvalue weighted by Crippen LogP contribution is -1.99. The van der Waals surface area contributed by atoms with Gasteiger partial charge in [-0.3, -0.25) is 5.10 Å². The Labute approximate surface area is 67.0 Å². The summed E-state index contributed by atoms with van der Waals surface area (Å²) in [5, 5.41) is 6.86. The van der Waals surface area contributed by atoms with E-state index in [2.05, 4.69) is 10.2 Å². The van der Waals surface area contributed by atoms with E-state index in [-0.39, 0.29) is 0 Å². The van der Waals surface area contributed by atoms with Gasteiger partial charge in [-0.1, -0.05) is 0 Å². The molecular formula is C8H15N3. The number of unbranched alkanes of at least 4 members (excludes halogenated alkanes) is 1. The fraction of sp³-hybridized carbons (Fsp3) is 0.625. The predicted octanol–water partition coefficient (Wildman–Crippen LogP) is 1.000. The summed E-state index contributed by atoms with van der Waals surface area (Å²) in [5.41, 5.74) is 7.88. The molecule has 0 atom stereocenters. The van der Waals surface area contributed by atoms with E-state index in [1.807, 2.05) is 13.1 Å². The number of aromatic nitrogens is 2. The van der Waals surface area contributed by atoms with E-state index in [1.165, 1.54) is 11.3 Å². The zero-order valence-corrected chi connectivity index (χ0v) is 6.93. The number of hydrogen-bond acceptors (Lipinski definition) is 2. The molecule has 11 heavy (non-hydrogen) atoms. The molecule has 1 aromatic rings. The maximum absolute atomic E-state index is 5.38. The van der Waals surface area contributed by atoms with Crippen LogP contribution in [0.15, 0.2) is 6.20 Å². The highest BCUT2D eigenvalue weighted by molar-refractivity contribution is 5.13. The first kappa shape index (κ1) is 8.27. The van der Waals surface area contributed by atoms with Crippen LogP contribution in [0.1, 0.15) is 24.1 Å². The Morgan fingerprint density at radius 2 is 2.36 bits per heavy atom. The minimum Gasteiger partial charge on any atom is -0.330 e. The third-order valence-corrected chi connectivity index (χ3v) is 1.83. The average Bonchev–Trinajstić information content (AvgIpc) is 2.37. The van der Waals surface area contributed by atoms with Gasteiger partial charge in [0.25, 0.3) is 0 Å². The van der Waals surface area contributed by atoms with Gasteiger partial charge in [0.15, 0.2) is 0 Å². The molecule has 0 aliphatic heterocycles. The largest absolute Gasteiger partial charge is 0.330 e. The van der Waals surface area contributed by atoms with Crippen molar-refractivity contribution in [3.63, 3.8) is 0 Å². The van der Waals surface area contributed by atoms with Crippen LogP contribution in [0.5, 0.6) is 0 Å². The van der Waals surface area contributed by atoms with Crippen LogP contribution in [0.3, 0.4) is 0 Å². The molecule has 3 nitrogen and oxygen atoms in total. The number of nitrogens with zero attached hydrogens (tertiary/aromatic N) is 1. The van der Waals surface area contributed by atoms with Crippen LogP contribution in [-0.2, 0) is 6.42 Å². The number of aromatic amines is 1. The third kappa shape index (κ3) is 2.35. The van der Waals surface area contributed by atoms with Crippen molar-refractivity contribution in [2.45, 2.75) is 26.2 Å². The molecule has 0 spiro atoms. The standard InChI is InChI=1S/C8H15N3/c1-7-8(6-10-11-7)4-2-3-5-9/h6H,2-5,9H2,1H3,(H,10,11). The van der Waals surface area contributed by atoms with Crippen molar-refractivity contribution in [3.8, 4) is 0 Å². The maximum Gasteiger partial charge on any atom is 0.0522 e. The quantitative estimate of drug-likeness (QED) is 0.634. The lowest BCUT2D eigenvalue weighted by molar-refractivity contribution is 0.742. The van der Waals surface area contributed by atoms with Crippen LogP contribution in [0.25, 0.3) is 0 Å². The number of nitrogens with one attached hydrogen (secondary N) is 1. The van der Waals surface area contributed by atoms with E-state index in [9.17, 15) is 0 Å². The zero-order valence-electron chi connectivity index (χ0n) is 6.93. The van der Waals surface area contributed by atoms with Crippen LogP contribution in [0.4, 0.5) is 0 Å². The summed E-state index contributed by atoms with van der Waals surface area (Å²) in [6.45, 7) is 2.83. The van der Waals surface area contributed by atoms with Gasteiger partial charge in [0.2, 0.25) is 0 Å². The van der Waals surface area contributed by atoms with E-state index in [0.29, 0.717) is 0 Å². The Morgan fingerprint density at radius 3 is 2.91 bits per heavy atom. The van der Waals surface area contributed by atoms with E-state index >= 15 is 0 Å². The molecule has 0 aliphatic rings.